The number of aromatic nitrogens is 2. The fourth-order valence-electron chi connectivity index (χ4n) is 5.58. The highest BCUT2D eigenvalue weighted by atomic mass is 16.3. The van der Waals surface area contributed by atoms with Crippen molar-refractivity contribution >= 4 is 17.5 Å². The molecule has 0 bridgehead atoms. The van der Waals surface area contributed by atoms with Gasteiger partial charge in [0.15, 0.2) is 0 Å². The SMILES string of the molecule is Cc1ccc2[nH]c(CCN3C[C@@H](O)[C@@]4(C3)[C@H](CO)[C@H]4c3ccccc3)nc2c1C.O=CO. The molecule has 5 rings (SSSR count). The van der Waals surface area contributed by atoms with Crippen LogP contribution in [0.1, 0.15) is 28.4 Å². The van der Waals surface area contributed by atoms with Crippen molar-refractivity contribution in [2.75, 3.05) is 26.2 Å². The van der Waals surface area contributed by atoms with Crippen LogP contribution in [-0.2, 0) is 11.2 Å². The molecule has 7 nitrogen and oxygen atoms in total. The van der Waals surface area contributed by atoms with Crippen molar-refractivity contribution in [2.24, 2.45) is 11.3 Å². The number of aromatic amines is 1. The maximum atomic E-state index is 10.9. The van der Waals surface area contributed by atoms with E-state index >= 15 is 0 Å². The van der Waals surface area contributed by atoms with E-state index in [0.717, 1.165) is 36.4 Å². The Balaban J connectivity index is 0.000000775. The lowest BCUT2D eigenvalue weighted by atomic mass is 9.95. The minimum absolute atomic E-state index is 0.132. The predicted molar refractivity (Wildman–Crippen MR) is 123 cm³/mol. The first-order chi connectivity index (χ1) is 15.5. The van der Waals surface area contributed by atoms with Crippen molar-refractivity contribution in [2.45, 2.75) is 32.3 Å². The number of H-pyrrole nitrogens is 1. The molecular formula is C25H31N3O4. The van der Waals surface area contributed by atoms with Gasteiger partial charge in [0.25, 0.3) is 6.47 Å². The number of hydrogen-bond donors (Lipinski definition) is 4. The number of nitrogens with one attached hydrogen (secondary N) is 1. The fraction of sp³-hybridized carbons (Fsp3) is 0.440. The van der Waals surface area contributed by atoms with Gasteiger partial charge in [-0.25, -0.2) is 4.98 Å². The molecule has 2 fully saturated rings. The van der Waals surface area contributed by atoms with Crippen LogP contribution < -0.4 is 0 Å². The second-order valence-electron chi connectivity index (χ2n) is 8.98. The Morgan fingerprint density at radius 2 is 1.94 bits per heavy atom. The predicted octanol–water partition coefficient (Wildman–Crippen LogP) is 2.49. The molecule has 4 atom stereocenters. The zero-order chi connectivity index (χ0) is 22.9. The average molecular weight is 438 g/mol. The third-order valence-corrected chi connectivity index (χ3v) is 7.36. The number of imidazole rings is 1. The molecule has 1 aliphatic heterocycles. The zero-order valence-electron chi connectivity index (χ0n) is 18.5. The molecule has 32 heavy (non-hydrogen) atoms. The molecular weight excluding hydrogens is 406 g/mol. The zero-order valence-corrected chi connectivity index (χ0v) is 18.5. The summed E-state index contributed by atoms with van der Waals surface area (Å²) in [7, 11) is 0. The van der Waals surface area contributed by atoms with Crippen LogP contribution in [0.25, 0.3) is 11.0 Å². The Hall–Kier alpha value is -2.74. The second-order valence-corrected chi connectivity index (χ2v) is 8.98. The van der Waals surface area contributed by atoms with Crippen LogP contribution in [0, 0.1) is 25.2 Å². The third kappa shape index (κ3) is 3.81. The highest BCUT2D eigenvalue weighted by molar-refractivity contribution is 5.79. The Kier molecular flexibility index (Phi) is 6.33. The monoisotopic (exact) mass is 437 g/mol. The fourth-order valence-corrected chi connectivity index (χ4v) is 5.58. The number of carboxylic acid groups (broad SMARTS) is 1. The van der Waals surface area contributed by atoms with E-state index in [4.69, 9.17) is 14.9 Å². The van der Waals surface area contributed by atoms with E-state index < -0.39 is 6.10 Å². The summed E-state index contributed by atoms with van der Waals surface area (Å²) in [5, 5.41) is 27.8. The van der Waals surface area contributed by atoms with E-state index in [1.807, 2.05) is 18.2 Å². The Morgan fingerprint density at radius 1 is 1.22 bits per heavy atom. The van der Waals surface area contributed by atoms with Crippen molar-refractivity contribution in [1.82, 2.24) is 14.9 Å². The lowest BCUT2D eigenvalue weighted by Gasteiger charge is -2.16. The third-order valence-electron chi connectivity index (χ3n) is 7.36. The quantitative estimate of drug-likeness (QED) is 0.457. The normalized spacial score (nSPS) is 26.8. The largest absolute Gasteiger partial charge is 0.483 e. The van der Waals surface area contributed by atoms with Gasteiger partial charge in [0.2, 0.25) is 0 Å². The summed E-state index contributed by atoms with van der Waals surface area (Å²) in [6, 6.07) is 14.6. The van der Waals surface area contributed by atoms with E-state index in [1.54, 1.807) is 0 Å². The minimum Gasteiger partial charge on any atom is -0.483 e. The van der Waals surface area contributed by atoms with Crippen molar-refractivity contribution in [3.05, 3.63) is 65.0 Å². The molecule has 2 aromatic carbocycles. The topological polar surface area (TPSA) is 110 Å². The van der Waals surface area contributed by atoms with Crippen LogP contribution in [0.2, 0.25) is 0 Å². The molecule has 1 aromatic heterocycles. The average Bonchev–Trinajstić information content (AvgIpc) is 3.05. The lowest BCUT2D eigenvalue weighted by molar-refractivity contribution is -0.122. The molecule has 0 radical (unpaired) electrons. The van der Waals surface area contributed by atoms with E-state index in [2.05, 4.69) is 48.0 Å². The summed E-state index contributed by atoms with van der Waals surface area (Å²) < 4.78 is 0. The van der Waals surface area contributed by atoms with Crippen molar-refractivity contribution in [1.29, 1.82) is 0 Å². The second kappa shape index (κ2) is 9.02. The first-order valence-corrected chi connectivity index (χ1v) is 11.0. The van der Waals surface area contributed by atoms with Crippen molar-refractivity contribution in [3.8, 4) is 0 Å². The molecule has 2 aliphatic rings. The van der Waals surface area contributed by atoms with E-state index in [0.29, 0.717) is 6.54 Å². The maximum absolute atomic E-state index is 10.9. The number of β-amino-alcohol motifs (C(OH)–C–C–N with tert-alkyl or cyclic N) is 1. The van der Waals surface area contributed by atoms with Gasteiger partial charge in [-0.15, -0.1) is 0 Å². The van der Waals surface area contributed by atoms with E-state index in [-0.39, 0.29) is 30.3 Å². The van der Waals surface area contributed by atoms with Crippen LogP contribution >= 0.6 is 0 Å². The number of fused-ring (bicyclic) bond motifs is 1. The number of aliphatic hydroxyl groups is 2. The number of hydrogen-bond acceptors (Lipinski definition) is 5. The minimum atomic E-state index is -0.398. The van der Waals surface area contributed by atoms with E-state index in [9.17, 15) is 10.2 Å². The number of aryl methyl sites for hydroxylation is 2. The van der Waals surface area contributed by atoms with Gasteiger partial charge >= 0.3 is 0 Å². The van der Waals surface area contributed by atoms with E-state index in [1.165, 1.54) is 16.7 Å². The maximum Gasteiger partial charge on any atom is 0.290 e. The van der Waals surface area contributed by atoms with Gasteiger partial charge < -0.3 is 20.3 Å². The molecule has 1 saturated carbocycles. The molecule has 1 spiro atoms. The molecule has 0 unspecified atom stereocenters. The molecule has 0 amide bonds. The molecule has 170 valence electrons. The summed E-state index contributed by atoms with van der Waals surface area (Å²) >= 11 is 0. The smallest absolute Gasteiger partial charge is 0.290 e. The van der Waals surface area contributed by atoms with Gasteiger partial charge in [-0.1, -0.05) is 36.4 Å². The van der Waals surface area contributed by atoms with Crippen LogP contribution in [-0.4, -0.2) is 69.0 Å². The first kappa shape index (κ1) is 22.5. The van der Waals surface area contributed by atoms with Gasteiger partial charge in [-0.2, -0.15) is 0 Å². The number of nitrogens with zero attached hydrogens (tertiary/aromatic N) is 2. The summed E-state index contributed by atoms with van der Waals surface area (Å²) in [5.41, 5.74) is 5.66. The number of likely N-dealkylation sites (tertiary alicyclic amines) is 1. The molecule has 4 N–H and O–H groups in total. The summed E-state index contributed by atoms with van der Waals surface area (Å²) in [6.45, 7) is 6.47. The van der Waals surface area contributed by atoms with Crippen LogP contribution in [0.5, 0.6) is 0 Å². The molecule has 7 heteroatoms. The van der Waals surface area contributed by atoms with Crippen molar-refractivity contribution < 1.29 is 20.1 Å². The number of rotatable bonds is 5. The Bertz CT molecular complexity index is 1080. The Morgan fingerprint density at radius 3 is 2.62 bits per heavy atom. The van der Waals surface area contributed by atoms with Gasteiger partial charge in [-0.05, 0) is 48.4 Å². The summed E-state index contributed by atoms with van der Waals surface area (Å²) in [5.74, 6) is 1.38. The standard InChI is InChI=1S/C24H29N3O2.CH2O2/c1-15-8-9-19-23(16(15)2)26-21(25-19)10-11-27-12-20(29)24(14-27)18(13-28)22(24)17-6-4-3-5-7-17;2-1-3/h3-9,18,20,22,28-29H,10-14H2,1-2H3,(H,25,26);1H,(H,2,3)/t18-,20-,22-,24-;/m1./s1. The highest BCUT2D eigenvalue weighted by Gasteiger charge is 2.70. The van der Waals surface area contributed by atoms with Crippen LogP contribution in [0.3, 0.4) is 0 Å². The Labute approximate surface area is 187 Å². The van der Waals surface area contributed by atoms with Crippen LogP contribution in [0.4, 0.5) is 0 Å². The summed E-state index contributed by atoms with van der Waals surface area (Å²) in [6.07, 6.45) is 0.431. The molecule has 2 heterocycles. The molecule has 1 aliphatic carbocycles. The van der Waals surface area contributed by atoms with Gasteiger partial charge in [0, 0.05) is 38.1 Å². The number of benzene rings is 2. The number of aliphatic hydroxyl groups excluding tert-OH is 2. The van der Waals surface area contributed by atoms with Gasteiger partial charge in [0.1, 0.15) is 5.82 Å². The molecule has 1 saturated heterocycles. The van der Waals surface area contributed by atoms with Crippen LogP contribution in [0.15, 0.2) is 42.5 Å². The summed E-state index contributed by atoms with van der Waals surface area (Å²) in [4.78, 5) is 19.0. The first-order valence-electron chi connectivity index (χ1n) is 11.0. The van der Waals surface area contributed by atoms with Crippen molar-refractivity contribution in [3.63, 3.8) is 0 Å². The lowest BCUT2D eigenvalue weighted by Crippen LogP contribution is -2.25. The highest BCUT2D eigenvalue weighted by Crippen LogP contribution is 2.68. The molecule has 3 aromatic rings. The number of carbonyl (C=O) groups is 1. The van der Waals surface area contributed by atoms with Gasteiger partial charge in [0.05, 0.1) is 17.1 Å². The van der Waals surface area contributed by atoms with Gasteiger partial charge in [-0.3, -0.25) is 9.69 Å².